The SMILES string of the molecule is CCS(=O)(=O)CCCC(CCc1ccncc1)NC. The first kappa shape index (κ1) is 16.1. The second-order valence-corrected chi connectivity index (χ2v) is 7.23. The summed E-state index contributed by atoms with van der Waals surface area (Å²) < 4.78 is 22.8. The maximum absolute atomic E-state index is 11.4. The summed E-state index contributed by atoms with van der Waals surface area (Å²) in [5, 5.41) is 3.27. The van der Waals surface area contributed by atoms with Gasteiger partial charge in [-0.1, -0.05) is 6.92 Å². The van der Waals surface area contributed by atoms with Gasteiger partial charge in [-0.25, -0.2) is 8.42 Å². The first-order chi connectivity index (χ1) is 9.07. The molecular weight excluding hydrogens is 260 g/mol. The smallest absolute Gasteiger partial charge is 0.150 e. The molecule has 0 aliphatic carbocycles. The molecule has 0 spiro atoms. The maximum Gasteiger partial charge on any atom is 0.150 e. The number of rotatable bonds is 9. The van der Waals surface area contributed by atoms with E-state index in [1.165, 1.54) is 5.56 Å². The minimum atomic E-state index is -2.83. The van der Waals surface area contributed by atoms with E-state index in [2.05, 4.69) is 10.3 Å². The van der Waals surface area contributed by atoms with Gasteiger partial charge in [-0.15, -0.1) is 0 Å². The highest BCUT2D eigenvalue weighted by molar-refractivity contribution is 7.91. The molecule has 1 aromatic heterocycles. The molecule has 5 heteroatoms. The lowest BCUT2D eigenvalue weighted by atomic mass is 10.0. The highest BCUT2D eigenvalue weighted by Crippen LogP contribution is 2.09. The zero-order valence-corrected chi connectivity index (χ0v) is 12.6. The number of aryl methyl sites for hydroxylation is 1. The standard InChI is InChI=1S/C14H24N2O2S/c1-3-19(17,18)12-4-5-14(15-2)7-6-13-8-10-16-11-9-13/h8-11,14-15H,3-7,12H2,1-2H3. The molecule has 0 amide bonds. The topological polar surface area (TPSA) is 59.1 Å². The van der Waals surface area contributed by atoms with Crippen molar-refractivity contribution >= 4 is 9.84 Å². The van der Waals surface area contributed by atoms with Crippen molar-refractivity contribution in [3.05, 3.63) is 30.1 Å². The number of sulfone groups is 1. The second kappa shape index (κ2) is 8.27. The van der Waals surface area contributed by atoms with Crippen LogP contribution < -0.4 is 5.32 Å². The van der Waals surface area contributed by atoms with Crippen LogP contribution in [0.1, 0.15) is 31.7 Å². The highest BCUT2D eigenvalue weighted by Gasteiger charge is 2.10. The van der Waals surface area contributed by atoms with Gasteiger partial charge in [0.05, 0.1) is 5.75 Å². The summed E-state index contributed by atoms with van der Waals surface area (Å²) in [6.45, 7) is 1.70. The average molecular weight is 284 g/mol. The summed E-state index contributed by atoms with van der Waals surface area (Å²) in [6.07, 6.45) is 7.26. The predicted octanol–water partition coefficient (Wildman–Crippen LogP) is 1.82. The van der Waals surface area contributed by atoms with E-state index < -0.39 is 9.84 Å². The Morgan fingerprint density at radius 1 is 1.26 bits per heavy atom. The van der Waals surface area contributed by atoms with Crippen LogP contribution in [0.4, 0.5) is 0 Å². The Bertz CT molecular complexity index is 446. The monoisotopic (exact) mass is 284 g/mol. The summed E-state index contributed by atoms with van der Waals surface area (Å²) in [5.74, 6) is 0.547. The second-order valence-electron chi connectivity index (χ2n) is 4.76. The fraction of sp³-hybridized carbons (Fsp3) is 0.643. The molecule has 0 saturated heterocycles. The van der Waals surface area contributed by atoms with Crippen molar-refractivity contribution in [2.45, 2.75) is 38.6 Å². The van der Waals surface area contributed by atoms with Crippen LogP contribution >= 0.6 is 0 Å². The minimum absolute atomic E-state index is 0.244. The van der Waals surface area contributed by atoms with Gasteiger partial charge in [0.1, 0.15) is 9.84 Å². The van der Waals surface area contributed by atoms with Crippen LogP contribution in [0.5, 0.6) is 0 Å². The number of nitrogens with one attached hydrogen (secondary N) is 1. The third-order valence-electron chi connectivity index (χ3n) is 3.39. The van der Waals surface area contributed by atoms with Crippen LogP contribution in [-0.4, -0.2) is 38.0 Å². The van der Waals surface area contributed by atoms with Crippen LogP contribution in [0.3, 0.4) is 0 Å². The van der Waals surface area contributed by atoms with Gasteiger partial charge in [0.15, 0.2) is 0 Å². The number of hydrogen-bond acceptors (Lipinski definition) is 4. The molecule has 0 aliphatic rings. The van der Waals surface area contributed by atoms with E-state index >= 15 is 0 Å². The molecule has 0 fully saturated rings. The molecule has 19 heavy (non-hydrogen) atoms. The first-order valence-corrected chi connectivity index (χ1v) is 8.66. The summed E-state index contributed by atoms with van der Waals surface area (Å²) in [4.78, 5) is 4.00. The lowest BCUT2D eigenvalue weighted by Gasteiger charge is -2.15. The fourth-order valence-corrected chi connectivity index (χ4v) is 2.91. The summed E-state index contributed by atoms with van der Waals surface area (Å²) in [7, 11) is -0.890. The van der Waals surface area contributed by atoms with E-state index in [0.29, 0.717) is 11.8 Å². The van der Waals surface area contributed by atoms with Crippen LogP contribution in [0, 0.1) is 0 Å². The molecule has 0 aliphatic heterocycles. The van der Waals surface area contributed by atoms with Crippen LogP contribution in [0.2, 0.25) is 0 Å². The summed E-state index contributed by atoms with van der Waals surface area (Å²) >= 11 is 0. The Balaban J connectivity index is 2.30. The Hall–Kier alpha value is -0.940. The molecule has 1 unspecified atom stereocenters. The largest absolute Gasteiger partial charge is 0.317 e. The third-order valence-corrected chi connectivity index (χ3v) is 5.18. The van der Waals surface area contributed by atoms with Gasteiger partial charge >= 0.3 is 0 Å². The normalized spacial score (nSPS) is 13.4. The van der Waals surface area contributed by atoms with Crippen molar-refractivity contribution in [2.24, 2.45) is 0 Å². The van der Waals surface area contributed by atoms with Crippen LogP contribution in [0.25, 0.3) is 0 Å². The fourth-order valence-electron chi connectivity index (χ4n) is 2.02. The van der Waals surface area contributed by atoms with Crippen molar-refractivity contribution in [2.75, 3.05) is 18.6 Å². The molecule has 4 nitrogen and oxygen atoms in total. The Morgan fingerprint density at radius 2 is 1.95 bits per heavy atom. The van der Waals surface area contributed by atoms with Gasteiger partial charge in [-0.2, -0.15) is 0 Å². The molecule has 0 aromatic carbocycles. The molecular formula is C14H24N2O2S. The maximum atomic E-state index is 11.4. The Morgan fingerprint density at radius 3 is 2.53 bits per heavy atom. The molecule has 1 rings (SSSR count). The van der Waals surface area contributed by atoms with Crippen LogP contribution in [0.15, 0.2) is 24.5 Å². The molecule has 0 radical (unpaired) electrons. The Labute approximate surface area is 116 Å². The number of pyridine rings is 1. The van der Waals surface area contributed by atoms with E-state index in [1.807, 2.05) is 19.2 Å². The predicted molar refractivity (Wildman–Crippen MR) is 79.0 cm³/mol. The minimum Gasteiger partial charge on any atom is -0.317 e. The van der Waals surface area contributed by atoms with Crippen molar-refractivity contribution in [3.63, 3.8) is 0 Å². The molecule has 108 valence electrons. The lowest BCUT2D eigenvalue weighted by molar-refractivity contribution is 0.482. The van der Waals surface area contributed by atoms with Gasteiger partial charge < -0.3 is 5.32 Å². The molecule has 1 aromatic rings. The van der Waals surface area contributed by atoms with Crippen molar-refractivity contribution in [3.8, 4) is 0 Å². The summed E-state index contributed by atoms with van der Waals surface area (Å²) in [6, 6.07) is 4.42. The van der Waals surface area contributed by atoms with E-state index in [0.717, 1.165) is 25.7 Å². The van der Waals surface area contributed by atoms with E-state index in [1.54, 1.807) is 19.3 Å². The first-order valence-electron chi connectivity index (χ1n) is 6.84. The third kappa shape index (κ3) is 6.68. The highest BCUT2D eigenvalue weighted by atomic mass is 32.2. The van der Waals surface area contributed by atoms with Gasteiger partial charge in [-0.05, 0) is 50.4 Å². The summed E-state index contributed by atoms with van der Waals surface area (Å²) in [5.41, 5.74) is 1.27. The number of hydrogen-bond donors (Lipinski definition) is 1. The average Bonchev–Trinajstić information content (AvgIpc) is 2.43. The van der Waals surface area contributed by atoms with Gasteiger partial charge in [0.25, 0.3) is 0 Å². The van der Waals surface area contributed by atoms with Crippen molar-refractivity contribution in [1.29, 1.82) is 0 Å². The zero-order chi connectivity index (χ0) is 14.1. The lowest BCUT2D eigenvalue weighted by Crippen LogP contribution is -2.26. The molecule has 1 atom stereocenters. The van der Waals surface area contributed by atoms with Crippen molar-refractivity contribution < 1.29 is 8.42 Å². The van der Waals surface area contributed by atoms with Crippen LogP contribution in [-0.2, 0) is 16.3 Å². The number of aromatic nitrogens is 1. The number of nitrogens with zero attached hydrogens (tertiary/aromatic N) is 1. The molecule has 1 heterocycles. The van der Waals surface area contributed by atoms with E-state index in [4.69, 9.17) is 0 Å². The van der Waals surface area contributed by atoms with Gasteiger partial charge in [-0.3, -0.25) is 4.98 Å². The quantitative estimate of drug-likeness (QED) is 0.751. The zero-order valence-electron chi connectivity index (χ0n) is 11.8. The van der Waals surface area contributed by atoms with E-state index in [9.17, 15) is 8.42 Å². The molecule has 0 saturated carbocycles. The molecule has 0 bridgehead atoms. The van der Waals surface area contributed by atoms with Gasteiger partial charge in [0, 0.05) is 24.2 Å². The Kier molecular flexibility index (Phi) is 7.02. The van der Waals surface area contributed by atoms with E-state index in [-0.39, 0.29) is 5.75 Å². The van der Waals surface area contributed by atoms with Crippen molar-refractivity contribution in [1.82, 2.24) is 10.3 Å². The molecule has 1 N–H and O–H groups in total. The van der Waals surface area contributed by atoms with Gasteiger partial charge in [0.2, 0.25) is 0 Å².